The van der Waals surface area contributed by atoms with E-state index in [1.165, 1.54) is 0 Å². The van der Waals surface area contributed by atoms with Crippen LogP contribution in [-0.4, -0.2) is 11.0 Å². The normalized spacial score (nSPS) is 14.4. The molecule has 3 aromatic rings. The maximum Gasteiger partial charge on any atom is 0.248 e. The number of benzene rings is 3. The number of carbonyl (C=O) groups excluding carboxylic acids is 2. The van der Waals surface area contributed by atoms with Crippen LogP contribution in [0.25, 0.3) is 0 Å². The van der Waals surface area contributed by atoms with E-state index in [0.29, 0.717) is 11.1 Å². The molecule has 0 N–H and O–H groups in total. The van der Waals surface area contributed by atoms with Gasteiger partial charge < -0.3 is 4.57 Å². The first-order chi connectivity index (χ1) is 18.9. The van der Waals surface area contributed by atoms with E-state index in [4.69, 9.17) is 0 Å². The van der Waals surface area contributed by atoms with E-state index >= 15 is 9.36 Å². The van der Waals surface area contributed by atoms with Gasteiger partial charge in [-0.2, -0.15) is 0 Å². The first-order valence-corrected chi connectivity index (χ1v) is 16.7. The van der Waals surface area contributed by atoms with Gasteiger partial charge in [0, 0.05) is 16.4 Å². The van der Waals surface area contributed by atoms with Crippen LogP contribution in [0.2, 0.25) is 0 Å². The maximum atomic E-state index is 15.5. The Morgan fingerprint density at radius 3 is 1.24 bits per heavy atom. The van der Waals surface area contributed by atoms with Crippen molar-refractivity contribution in [2.75, 3.05) is 0 Å². The molecule has 0 heterocycles. The van der Waals surface area contributed by atoms with Crippen LogP contribution in [0.4, 0.5) is 0 Å². The van der Waals surface area contributed by atoms with Crippen LogP contribution in [0.15, 0.2) is 54.6 Å². The van der Waals surface area contributed by atoms with Crippen LogP contribution < -0.4 is 5.30 Å². The van der Waals surface area contributed by atoms with Gasteiger partial charge in [-0.05, 0) is 68.9 Å². The summed E-state index contributed by atoms with van der Waals surface area (Å²) in [7, 11) is -4.33. The molecule has 1 atom stereocenters. The fourth-order valence-corrected chi connectivity index (χ4v) is 7.97. The lowest BCUT2D eigenvalue weighted by atomic mass is 9.72. The number of rotatable bonds is 5. The summed E-state index contributed by atoms with van der Waals surface area (Å²) in [5.41, 5.74) is 3.82. The van der Waals surface area contributed by atoms with Crippen LogP contribution in [0.5, 0.6) is 0 Å². The molecule has 0 aliphatic heterocycles. The van der Waals surface area contributed by atoms with Gasteiger partial charge in [0.05, 0.1) is 0 Å². The number of hydrogen-bond donors (Lipinski definition) is 0. The Morgan fingerprint density at radius 2 is 0.881 bits per heavy atom. The van der Waals surface area contributed by atoms with Crippen molar-refractivity contribution in [1.82, 2.24) is 0 Å². The summed E-state index contributed by atoms with van der Waals surface area (Å²) < 4.78 is 15.5. The van der Waals surface area contributed by atoms with E-state index in [0.717, 1.165) is 33.4 Å². The third-order valence-corrected chi connectivity index (χ3v) is 10.8. The molecular formula is C38H51O3P. The number of carbonyl (C=O) groups is 2. The summed E-state index contributed by atoms with van der Waals surface area (Å²) in [5, 5.41) is 0.276. The molecule has 0 fully saturated rings. The highest BCUT2D eigenvalue weighted by atomic mass is 31.2. The average Bonchev–Trinajstić information content (AvgIpc) is 2.84. The van der Waals surface area contributed by atoms with Crippen molar-refractivity contribution < 1.29 is 14.2 Å². The second-order valence-electron chi connectivity index (χ2n) is 16.0. The minimum Gasteiger partial charge on any atom is -0.302 e. The Balaban J connectivity index is 2.49. The zero-order chi connectivity index (χ0) is 32.2. The largest absolute Gasteiger partial charge is 0.302 e. The first-order valence-electron chi connectivity index (χ1n) is 15.0. The lowest BCUT2D eigenvalue weighted by Crippen LogP contribution is -2.29. The summed E-state index contributed by atoms with van der Waals surface area (Å²) in [5.74, 6) is 0. The minimum atomic E-state index is -4.33. The number of hydrogen-bond acceptors (Lipinski definition) is 3. The highest BCUT2D eigenvalue weighted by Gasteiger charge is 2.47. The number of aryl methyl sites for hydroxylation is 2. The maximum absolute atomic E-state index is 15.5. The molecule has 4 heteroatoms. The molecule has 0 aromatic heterocycles. The average molecular weight is 587 g/mol. The Bertz CT molecular complexity index is 1510. The van der Waals surface area contributed by atoms with Gasteiger partial charge in [0.2, 0.25) is 18.2 Å². The van der Waals surface area contributed by atoms with Crippen molar-refractivity contribution in [2.24, 2.45) is 0 Å². The summed E-state index contributed by atoms with van der Waals surface area (Å²) in [6.45, 7) is 29.1. The molecule has 0 saturated heterocycles. The van der Waals surface area contributed by atoms with Gasteiger partial charge in [-0.15, -0.1) is 0 Å². The second kappa shape index (κ2) is 11.1. The van der Waals surface area contributed by atoms with Gasteiger partial charge in [-0.3, -0.25) is 9.59 Å². The summed E-state index contributed by atoms with van der Waals surface area (Å²) in [6, 6.07) is 16.8. The van der Waals surface area contributed by atoms with E-state index < -0.39 is 29.0 Å². The van der Waals surface area contributed by atoms with Crippen LogP contribution in [-0.2, 0) is 26.2 Å². The minimum absolute atomic E-state index is 0.117. The van der Waals surface area contributed by atoms with Crippen molar-refractivity contribution in [3.05, 3.63) is 99.1 Å². The molecule has 0 saturated carbocycles. The Labute approximate surface area is 254 Å². The smallest absolute Gasteiger partial charge is 0.248 e. The molecule has 3 rings (SSSR count). The predicted octanol–water partition coefficient (Wildman–Crippen LogP) is 10.2. The molecule has 42 heavy (non-hydrogen) atoms. The molecule has 0 aliphatic carbocycles. The van der Waals surface area contributed by atoms with Gasteiger partial charge in [0.25, 0.3) is 0 Å². The molecule has 0 amide bonds. The fraction of sp³-hybridized carbons (Fsp3) is 0.474. The third kappa shape index (κ3) is 6.42. The molecule has 1 unspecified atom stereocenters. The van der Waals surface area contributed by atoms with E-state index in [1.54, 1.807) is 24.3 Å². The van der Waals surface area contributed by atoms with Crippen molar-refractivity contribution >= 4 is 23.5 Å². The van der Waals surface area contributed by atoms with Crippen LogP contribution in [0, 0.1) is 13.8 Å². The van der Waals surface area contributed by atoms with Crippen LogP contribution >= 0.6 is 7.14 Å². The molecular weight excluding hydrogens is 535 g/mol. The standard InChI is InChI=1S/C38H51O3P/c1-24-20-26(35(3,4)5)21-25(2)31(24)33(39)42(41,28-18-16-15-17-19-28)34(40)32-29(37(9,10)11)22-27(36(6,7)8)23-30(32)38(12,13)14/h15-23H,1-14H3. The highest BCUT2D eigenvalue weighted by Crippen LogP contribution is 2.54. The van der Waals surface area contributed by atoms with E-state index in [2.05, 4.69) is 95.2 Å². The summed E-state index contributed by atoms with van der Waals surface area (Å²) in [6.07, 6.45) is 0. The monoisotopic (exact) mass is 586 g/mol. The molecule has 3 aromatic carbocycles. The molecule has 0 bridgehead atoms. The second-order valence-corrected chi connectivity index (χ2v) is 18.5. The van der Waals surface area contributed by atoms with Gasteiger partial charge in [-0.1, -0.05) is 138 Å². The third-order valence-electron chi connectivity index (χ3n) is 8.14. The molecule has 3 nitrogen and oxygen atoms in total. The molecule has 226 valence electrons. The lowest BCUT2D eigenvalue weighted by molar-refractivity contribution is 0.103. The highest BCUT2D eigenvalue weighted by molar-refractivity contribution is 8.01. The van der Waals surface area contributed by atoms with E-state index in [1.807, 2.05) is 32.0 Å². The van der Waals surface area contributed by atoms with Gasteiger partial charge in [0.15, 0.2) is 0 Å². The van der Waals surface area contributed by atoms with E-state index in [9.17, 15) is 4.79 Å². The molecule has 0 aliphatic rings. The van der Waals surface area contributed by atoms with Crippen LogP contribution in [0.1, 0.15) is 137 Å². The Kier molecular flexibility index (Phi) is 8.88. The van der Waals surface area contributed by atoms with Crippen LogP contribution in [0.3, 0.4) is 0 Å². The van der Waals surface area contributed by atoms with Gasteiger partial charge in [-0.25, -0.2) is 0 Å². The Hall–Kier alpha value is -2.77. The fourth-order valence-electron chi connectivity index (χ4n) is 5.50. The predicted molar refractivity (Wildman–Crippen MR) is 180 cm³/mol. The zero-order valence-electron chi connectivity index (χ0n) is 28.4. The lowest BCUT2D eigenvalue weighted by Gasteiger charge is -2.34. The van der Waals surface area contributed by atoms with E-state index in [-0.39, 0.29) is 16.1 Å². The Morgan fingerprint density at radius 1 is 0.524 bits per heavy atom. The first kappa shape index (κ1) is 33.7. The topological polar surface area (TPSA) is 51.2 Å². The van der Waals surface area contributed by atoms with Gasteiger partial charge in [0.1, 0.15) is 0 Å². The van der Waals surface area contributed by atoms with Crippen molar-refractivity contribution in [3.63, 3.8) is 0 Å². The summed E-state index contributed by atoms with van der Waals surface area (Å²) >= 11 is 0. The summed E-state index contributed by atoms with van der Waals surface area (Å²) in [4.78, 5) is 29.9. The molecule has 0 spiro atoms. The van der Waals surface area contributed by atoms with Crippen molar-refractivity contribution in [2.45, 2.75) is 119 Å². The van der Waals surface area contributed by atoms with Crippen molar-refractivity contribution in [1.29, 1.82) is 0 Å². The SMILES string of the molecule is Cc1cc(C(C)(C)C)cc(C)c1C(=O)P(=O)(C(=O)c1c(C(C)(C)C)cc(C(C)(C)C)cc1C(C)(C)C)c1ccccc1. The quantitative estimate of drug-likeness (QED) is 0.280. The van der Waals surface area contributed by atoms with Crippen molar-refractivity contribution in [3.8, 4) is 0 Å². The molecule has 0 radical (unpaired) electrons. The van der Waals surface area contributed by atoms with Gasteiger partial charge >= 0.3 is 0 Å². The zero-order valence-corrected chi connectivity index (χ0v) is 29.3.